The second-order valence-electron chi connectivity index (χ2n) is 6.87. The van der Waals surface area contributed by atoms with Crippen LogP contribution in [0.5, 0.6) is 5.75 Å². The van der Waals surface area contributed by atoms with Crippen LogP contribution in [0.15, 0.2) is 48.5 Å². The monoisotopic (exact) mass is 388 g/mol. The van der Waals surface area contributed by atoms with Crippen molar-refractivity contribution in [1.82, 2.24) is 4.90 Å². The summed E-state index contributed by atoms with van der Waals surface area (Å²) in [7, 11) is 0. The van der Waals surface area contributed by atoms with Gasteiger partial charge in [-0.15, -0.1) is 0 Å². The molecule has 1 saturated heterocycles. The molecule has 3 rings (SSSR count). The number of ether oxygens (including phenoxy) is 1. The highest BCUT2D eigenvalue weighted by Crippen LogP contribution is 2.28. The highest BCUT2D eigenvalue weighted by molar-refractivity contribution is 5.81. The highest BCUT2D eigenvalue weighted by Gasteiger charge is 2.29. The molecule has 0 aliphatic carbocycles. The van der Waals surface area contributed by atoms with Crippen LogP contribution in [0, 0.1) is 15.9 Å². The molecule has 1 aliphatic rings. The van der Waals surface area contributed by atoms with Gasteiger partial charge < -0.3 is 14.5 Å². The van der Waals surface area contributed by atoms with Crippen molar-refractivity contribution in [3.63, 3.8) is 0 Å². The molecule has 0 radical (unpaired) electrons. The van der Waals surface area contributed by atoms with Crippen molar-refractivity contribution in [3.05, 3.63) is 70.0 Å². The summed E-state index contributed by atoms with van der Waals surface area (Å²) in [6.45, 7) is 5.23. The maximum Gasteiger partial charge on any atom is 0.311 e. The molecule has 0 bridgehead atoms. The molecular formula is C20H23FN3O4+. The van der Waals surface area contributed by atoms with Gasteiger partial charge in [-0.3, -0.25) is 14.9 Å². The van der Waals surface area contributed by atoms with Crippen LogP contribution in [0.2, 0.25) is 0 Å². The maximum absolute atomic E-state index is 13.4. The molecule has 1 atom stereocenters. The number of piperazine rings is 1. The lowest BCUT2D eigenvalue weighted by atomic mass is 10.2. The molecule has 1 fully saturated rings. The molecule has 0 spiro atoms. The number of nitro groups is 1. The van der Waals surface area contributed by atoms with E-state index in [9.17, 15) is 19.3 Å². The Kier molecular flexibility index (Phi) is 6.20. The van der Waals surface area contributed by atoms with Gasteiger partial charge in [0.25, 0.3) is 5.91 Å². The molecular weight excluding hydrogens is 365 g/mol. The normalized spacial score (nSPS) is 15.9. The Balaban J connectivity index is 1.56. The van der Waals surface area contributed by atoms with Gasteiger partial charge in [-0.05, 0) is 13.0 Å². The number of nitrogens with one attached hydrogen (secondary N) is 1. The molecule has 1 aliphatic heterocycles. The smallest absolute Gasteiger partial charge is 0.311 e. The van der Waals surface area contributed by atoms with Gasteiger partial charge in [0, 0.05) is 17.7 Å². The van der Waals surface area contributed by atoms with Gasteiger partial charge in [0.15, 0.2) is 6.10 Å². The van der Waals surface area contributed by atoms with E-state index in [4.69, 9.17) is 4.74 Å². The van der Waals surface area contributed by atoms with Crippen LogP contribution in [0.1, 0.15) is 12.5 Å². The fourth-order valence-electron chi connectivity index (χ4n) is 3.34. The average Bonchev–Trinajstić information content (AvgIpc) is 2.68. The third kappa shape index (κ3) is 4.83. The molecule has 2 aromatic carbocycles. The van der Waals surface area contributed by atoms with E-state index in [-0.39, 0.29) is 17.3 Å². The Hall–Kier alpha value is -3.00. The summed E-state index contributed by atoms with van der Waals surface area (Å²) in [5.41, 5.74) is 0.894. The Morgan fingerprint density at radius 3 is 2.57 bits per heavy atom. The summed E-state index contributed by atoms with van der Waals surface area (Å²) in [6.07, 6.45) is -0.934. The predicted octanol–water partition coefficient (Wildman–Crippen LogP) is 1.43. The van der Waals surface area contributed by atoms with Gasteiger partial charge in [0.1, 0.15) is 12.4 Å². The predicted molar refractivity (Wildman–Crippen MR) is 101 cm³/mol. The molecule has 28 heavy (non-hydrogen) atoms. The summed E-state index contributed by atoms with van der Waals surface area (Å²) in [5, 5.41) is 11.1. The van der Waals surface area contributed by atoms with E-state index >= 15 is 0 Å². The third-order valence-corrected chi connectivity index (χ3v) is 4.85. The summed E-state index contributed by atoms with van der Waals surface area (Å²) in [6, 6.07) is 13.2. The van der Waals surface area contributed by atoms with Crippen LogP contribution in [0.4, 0.5) is 10.1 Å². The van der Waals surface area contributed by atoms with E-state index in [1.165, 1.54) is 17.4 Å². The first-order chi connectivity index (χ1) is 13.4. The van der Waals surface area contributed by atoms with E-state index in [0.29, 0.717) is 13.1 Å². The highest BCUT2D eigenvalue weighted by atomic mass is 19.1. The molecule has 0 unspecified atom stereocenters. The van der Waals surface area contributed by atoms with Gasteiger partial charge in [0.05, 0.1) is 31.1 Å². The standard InChI is InChI=1S/C20H22FN3O4/c1-15(28-19-13-17(21)7-8-18(19)24(26)27)20(25)23-11-9-22(10-12-23)14-16-5-3-2-4-6-16/h2-8,13,15H,9-12,14H2,1H3/p+1/t15-/m0/s1. The molecule has 1 heterocycles. The van der Waals surface area contributed by atoms with Crippen LogP contribution in [0.3, 0.4) is 0 Å². The Bertz CT molecular complexity index is 839. The second-order valence-corrected chi connectivity index (χ2v) is 6.87. The lowest BCUT2D eigenvalue weighted by molar-refractivity contribution is -0.917. The van der Waals surface area contributed by atoms with E-state index in [1.54, 1.807) is 4.90 Å². The number of rotatable bonds is 6. The molecule has 148 valence electrons. The third-order valence-electron chi connectivity index (χ3n) is 4.85. The van der Waals surface area contributed by atoms with E-state index < -0.39 is 16.8 Å². The lowest BCUT2D eigenvalue weighted by Crippen LogP contribution is -3.13. The minimum Gasteiger partial charge on any atom is -0.474 e. The first-order valence-electron chi connectivity index (χ1n) is 9.21. The van der Waals surface area contributed by atoms with Crippen LogP contribution < -0.4 is 9.64 Å². The number of carbonyl (C=O) groups excluding carboxylic acids is 1. The molecule has 2 aromatic rings. The van der Waals surface area contributed by atoms with Crippen molar-refractivity contribution in [2.75, 3.05) is 26.2 Å². The first kappa shape index (κ1) is 19.8. The molecule has 1 amide bonds. The summed E-state index contributed by atoms with van der Waals surface area (Å²) in [5.74, 6) is -1.14. The topological polar surface area (TPSA) is 77.1 Å². The SMILES string of the molecule is C[C@H](Oc1cc(F)ccc1[N+](=O)[O-])C(=O)N1CC[NH+](Cc2ccccc2)CC1. The maximum atomic E-state index is 13.4. The number of hydrogen-bond acceptors (Lipinski definition) is 4. The molecule has 8 heteroatoms. The van der Waals surface area contributed by atoms with Crippen LogP contribution in [0.25, 0.3) is 0 Å². The summed E-state index contributed by atoms with van der Waals surface area (Å²) in [4.78, 5) is 26.2. The van der Waals surface area contributed by atoms with Crippen LogP contribution in [-0.2, 0) is 11.3 Å². The van der Waals surface area contributed by atoms with E-state index in [0.717, 1.165) is 37.8 Å². The molecule has 0 saturated carbocycles. The van der Waals surface area contributed by atoms with Gasteiger partial charge in [-0.2, -0.15) is 0 Å². The number of quaternary nitrogens is 1. The fourth-order valence-corrected chi connectivity index (χ4v) is 3.34. The Morgan fingerprint density at radius 2 is 1.93 bits per heavy atom. The first-order valence-corrected chi connectivity index (χ1v) is 9.21. The van der Waals surface area contributed by atoms with Crippen molar-refractivity contribution >= 4 is 11.6 Å². The minimum absolute atomic E-state index is 0.237. The fraction of sp³-hybridized carbons (Fsp3) is 0.350. The van der Waals surface area contributed by atoms with Crippen molar-refractivity contribution < 1.29 is 23.7 Å². The van der Waals surface area contributed by atoms with Gasteiger partial charge in [-0.1, -0.05) is 30.3 Å². The number of carbonyl (C=O) groups is 1. The quantitative estimate of drug-likeness (QED) is 0.600. The lowest BCUT2D eigenvalue weighted by Gasteiger charge is -2.33. The van der Waals surface area contributed by atoms with Crippen LogP contribution >= 0.6 is 0 Å². The zero-order valence-electron chi connectivity index (χ0n) is 15.6. The zero-order chi connectivity index (χ0) is 20.1. The Morgan fingerprint density at radius 1 is 1.25 bits per heavy atom. The van der Waals surface area contributed by atoms with E-state index in [1.807, 2.05) is 18.2 Å². The number of amides is 1. The largest absolute Gasteiger partial charge is 0.474 e. The van der Waals surface area contributed by atoms with Crippen LogP contribution in [-0.4, -0.2) is 48.0 Å². The second kappa shape index (κ2) is 8.79. The number of halogens is 1. The average molecular weight is 388 g/mol. The van der Waals surface area contributed by atoms with Crippen molar-refractivity contribution in [2.45, 2.75) is 19.6 Å². The summed E-state index contributed by atoms with van der Waals surface area (Å²) >= 11 is 0. The molecule has 1 N–H and O–H groups in total. The number of nitrogens with zero attached hydrogens (tertiary/aromatic N) is 2. The zero-order valence-corrected chi connectivity index (χ0v) is 15.6. The number of hydrogen-bond donors (Lipinski definition) is 1. The van der Waals surface area contributed by atoms with Gasteiger partial charge >= 0.3 is 5.69 Å². The van der Waals surface area contributed by atoms with Crippen molar-refractivity contribution in [2.24, 2.45) is 0 Å². The molecule has 0 aromatic heterocycles. The molecule has 7 nitrogen and oxygen atoms in total. The minimum atomic E-state index is -0.934. The number of benzene rings is 2. The van der Waals surface area contributed by atoms with Gasteiger partial charge in [0.2, 0.25) is 5.75 Å². The Labute approximate surface area is 162 Å². The van der Waals surface area contributed by atoms with Crippen molar-refractivity contribution in [3.8, 4) is 5.75 Å². The van der Waals surface area contributed by atoms with Gasteiger partial charge in [-0.25, -0.2) is 4.39 Å². The van der Waals surface area contributed by atoms with E-state index in [2.05, 4.69) is 12.1 Å². The van der Waals surface area contributed by atoms with Crippen molar-refractivity contribution in [1.29, 1.82) is 0 Å². The number of nitro benzene ring substituents is 1. The summed E-state index contributed by atoms with van der Waals surface area (Å²) < 4.78 is 18.9.